The predicted molar refractivity (Wildman–Crippen MR) is 81.7 cm³/mol. The summed E-state index contributed by atoms with van der Waals surface area (Å²) < 4.78 is 5.19. The highest BCUT2D eigenvalue weighted by Crippen LogP contribution is 2.29. The number of nitrogens with zero attached hydrogens (tertiary/aromatic N) is 1. The fourth-order valence-corrected chi connectivity index (χ4v) is 2.16. The van der Waals surface area contributed by atoms with Gasteiger partial charge in [0.2, 0.25) is 12.2 Å². The van der Waals surface area contributed by atoms with Crippen LogP contribution in [-0.4, -0.2) is 37.8 Å². The molecule has 6 nitrogen and oxygen atoms in total. The molecule has 0 heterocycles. The molecule has 1 aromatic carbocycles. The number of methoxy groups -OCH3 is 1. The lowest BCUT2D eigenvalue weighted by atomic mass is 10.1. The van der Waals surface area contributed by atoms with E-state index < -0.39 is 17.7 Å². The van der Waals surface area contributed by atoms with Crippen LogP contribution in [0.25, 0.3) is 0 Å². The lowest BCUT2D eigenvalue weighted by Gasteiger charge is -2.25. The van der Waals surface area contributed by atoms with Gasteiger partial charge in [-0.2, -0.15) is 0 Å². The quantitative estimate of drug-likeness (QED) is 0.577. The molecule has 0 aromatic heterocycles. The second kappa shape index (κ2) is 7.06. The van der Waals surface area contributed by atoms with Gasteiger partial charge in [0, 0.05) is 6.54 Å². The molecule has 1 aliphatic carbocycles. The number of benzene rings is 1. The van der Waals surface area contributed by atoms with Crippen LogP contribution < -0.4 is 15.0 Å². The molecule has 0 saturated heterocycles. The third-order valence-electron chi connectivity index (χ3n) is 3.75. The summed E-state index contributed by atoms with van der Waals surface area (Å²) in [7, 11) is 1.48. The lowest BCUT2D eigenvalue weighted by molar-refractivity contribution is -0.138. The molecule has 1 fully saturated rings. The molecule has 1 atom stereocenters. The summed E-state index contributed by atoms with van der Waals surface area (Å²) >= 11 is 0. The average Bonchev–Trinajstić information content (AvgIpc) is 3.37. The number of Topliss-reactive ketones (excluding diaryl/α,β-unsaturated/α-hetero) is 1. The van der Waals surface area contributed by atoms with E-state index in [2.05, 4.69) is 5.32 Å². The van der Waals surface area contributed by atoms with Gasteiger partial charge in [0.05, 0.1) is 12.8 Å². The molecule has 118 valence electrons. The van der Waals surface area contributed by atoms with Gasteiger partial charge in [0.15, 0.2) is 0 Å². The zero-order valence-electron chi connectivity index (χ0n) is 12.7. The Kier molecular flexibility index (Phi) is 5.14. The third-order valence-corrected chi connectivity index (χ3v) is 3.75. The first-order valence-corrected chi connectivity index (χ1v) is 7.27. The number of carbonyl (C=O) groups is 3. The van der Waals surface area contributed by atoms with Gasteiger partial charge in [-0.3, -0.25) is 14.4 Å². The highest BCUT2D eigenvalue weighted by Gasteiger charge is 2.30. The normalized spacial score (nSPS) is 14.8. The maximum absolute atomic E-state index is 12.2. The van der Waals surface area contributed by atoms with E-state index in [1.807, 2.05) is 0 Å². The Hall–Kier alpha value is -2.37. The van der Waals surface area contributed by atoms with Crippen LogP contribution in [0, 0.1) is 5.92 Å². The first kappa shape index (κ1) is 16.0. The number of rotatable bonds is 8. The van der Waals surface area contributed by atoms with Crippen LogP contribution in [0.4, 0.5) is 5.69 Å². The van der Waals surface area contributed by atoms with Crippen LogP contribution in [0.2, 0.25) is 0 Å². The highest BCUT2D eigenvalue weighted by atomic mass is 16.5. The van der Waals surface area contributed by atoms with Crippen molar-refractivity contribution in [3.05, 3.63) is 24.3 Å². The SMILES string of the molecule is COc1ccccc1N(C=O)C(C)C(=O)C(=O)NCC1CC1. The smallest absolute Gasteiger partial charge is 0.289 e. The Labute approximate surface area is 129 Å². The Balaban J connectivity index is 2.09. The number of hydrogen-bond acceptors (Lipinski definition) is 4. The summed E-state index contributed by atoms with van der Waals surface area (Å²) in [6, 6.07) is 5.96. The molecule has 2 amide bonds. The summed E-state index contributed by atoms with van der Waals surface area (Å²) in [5, 5.41) is 2.62. The van der Waals surface area contributed by atoms with E-state index in [4.69, 9.17) is 4.74 Å². The van der Waals surface area contributed by atoms with Gasteiger partial charge in [-0.05, 0) is 37.8 Å². The standard InChI is InChI=1S/C16H20N2O4/c1-11(15(20)16(21)17-9-12-7-8-12)18(10-19)13-5-3-4-6-14(13)22-2/h3-6,10-12H,7-9H2,1-2H3,(H,17,21). The van der Waals surface area contributed by atoms with Gasteiger partial charge in [0.1, 0.15) is 11.8 Å². The van der Waals surface area contributed by atoms with Gasteiger partial charge < -0.3 is 15.0 Å². The number of para-hydroxylation sites is 2. The average molecular weight is 304 g/mol. The molecular formula is C16H20N2O4. The van der Waals surface area contributed by atoms with Crippen molar-refractivity contribution in [1.29, 1.82) is 0 Å². The summed E-state index contributed by atoms with van der Waals surface area (Å²) in [4.78, 5) is 36.7. The van der Waals surface area contributed by atoms with Crippen LogP contribution >= 0.6 is 0 Å². The lowest BCUT2D eigenvalue weighted by Crippen LogP contribution is -2.46. The van der Waals surface area contributed by atoms with Crippen LogP contribution in [0.3, 0.4) is 0 Å². The molecule has 1 aliphatic rings. The van der Waals surface area contributed by atoms with Crippen molar-refractivity contribution in [2.75, 3.05) is 18.6 Å². The van der Waals surface area contributed by atoms with Crippen molar-refractivity contribution >= 4 is 23.8 Å². The number of anilines is 1. The van der Waals surface area contributed by atoms with Gasteiger partial charge in [0.25, 0.3) is 5.91 Å². The minimum absolute atomic E-state index is 0.454. The first-order chi connectivity index (χ1) is 10.6. The van der Waals surface area contributed by atoms with Crippen molar-refractivity contribution in [3.8, 4) is 5.75 Å². The molecular weight excluding hydrogens is 284 g/mol. The number of amides is 2. The second-order valence-corrected chi connectivity index (χ2v) is 5.38. The Bertz CT molecular complexity index is 569. The molecule has 2 rings (SSSR count). The summed E-state index contributed by atoms with van der Waals surface area (Å²) in [6.07, 6.45) is 2.71. The van der Waals surface area contributed by atoms with Crippen molar-refractivity contribution < 1.29 is 19.1 Å². The number of nitrogens with one attached hydrogen (secondary N) is 1. The zero-order chi connectivity index (χ0) is 16.1. The monoisotopic (exact) mass is 304 g/mol. The molecule has 22 heavy (non-hydrogen) atoms. The van der Waals surface area contributed by atoms with Crippen molar-refractivity contribution in [3.63, 3.8) is 0 Å². The van der Waals surface area contributed by atoms with Gasteiger partial charge in [-0.25, -0.2) is 0 Å². The fourth-order valence-electron chi connectivity index (χ4n) is 2.16. The first-order valence-electron chi connectivity index (χ1n) is 7.27. The molecule has 1 unspecified atom stereocenters. The van der Waals surface area contributed by atoms with Crippen LogP contribution in [0.1, 0.15) is 19.8 Å². The minimum Gasteiger partial charge on any atom is -0.495 e. The fraction of sp³-hybridized carbons (Fsp3) is 0.438. The summed E-state index contributed by atoms with van der Waals surface area (Å²) in [6.45, 7) is 2.05. The number of carbonyl (C=O) groups excluding carboxylic acids is 3. The highest BCUT2D eigenvalue weighted by molar-refractivity contribution is 6.39. The number of hydrogen-bond donors (Lipinski definition) is 1. The predicted octanol–water partition coefficient (Wildman–Crippen LogP) is 1.14. The van der Waals surface area contributed by atoms with Gasteiger partial charge in [-0.15, -0.1) is 0 Å². The number of ether oxygens (including phenoxy) is 1. The largest absolute Gasteiger partial charge is 0.495 e. The molecule has 0 aliphatic heterocycles. The van der Waals surface area contributed by atoms with E-state index in [1.165, 1.54) is 18.9 Å². The van der Waals surface area contributed by atoms with E-state index in [0.29, 0.717) is 30.3 Å². The zero-order valence-corrected chi connectivity index (χ0v) is 12.7. The van der Waals surface area contributed by atoms with Gasteiger partial charge in [-0.1, -0.05) is 12.1 Å². The number of ketones is 1. The van der Waals surface area contributed by atoms with Crippen molar-refractivity contribution in [2.45, 2.75) is 25.8 Å². The van der Waals surface area contributed by atoms with E-state index >= 15 is 0 Å². The molecule has 0 radical (unpaired) electrons. The topological polar surface area (TPSA) is 75.7 Å². The van der Waals surface area contributed by atoms with Crippen LogP contribution in [0.5, 0.6) is 5.75 Å². The Morgan fingerprint density at radius 1 is 1.41 bits per heavy atom. The third kappa shape index (κ3) is 3.63. The molecule has 1 saturated carbocycles. The minimum atomic E-state index is -0.895. The molecule has 0 bridgehead atoms. The van der Waals surface area contributed by atoms with E-state index in [-0.39, 0.29) is 0 Å². The van der Waals surface area contributed by atoms with Crippen LogP contribution in [0.15, 0.2) is 24.3 Å². The Morgan fingerprint density at radius 2 is 2.09 bits per heavy atom. The van der Waals surface area contributed by atoms with E-state index in [0.717, 1.165) is 12.8 Å². The molecule has 1 N–H and O–H groups in total. The maximum atomic E-state index is 12.2. The molecule has 0 spiro atoms. The second-order valence-electron chi connectivity index (χ2n) is 5.38. The van der Waals surface area contributed by atoms with Crippen molar-refractivity contribution in [2.24, 2.45) is 5.92 Å². The van der Waals surface area contributed by atoms with Crippen molar-refractivity contribution in [1.82, 2.24) is 5.32 Å². The van der Waals surface area contributed by atoms with Crippen LogP contribution in [-0.2, 0) is 14.4 Å². The Morgan fingerprint density at radius 3 is 2.68 bits per heavy atom. The van der Waals surface area contributed by atoms with E-state index in [1.54, 1.807) is 24.3 Å². The molecule has 6 heteroatoms. The van der Waals surface area contributed by atoms with E-state index in [9.17, 15) is 14.4 Å². The summed E-state index contributed by atoms with van der Waals surface area (Å²) in [5.74, 6) is -0.337. The van der Waals surface area contributed by atoms with Gasteiger partial charge >= 0.3 is 0 Å². The summed E-state index contributed by atoms with van der Waals surface area (Å²) in [5.41, 5.74) is 0.454. The maximum Gasteiger partial charge on any atom is 0.289 e. The molecule has 1 aromatic rings.